The van der Waals surface area contributed by atoms with Crippen LogP contribution in [0, 0.1) is 0 Å². The topological polar surface area (TPSA) is 133 Å². The molecule has 5 atom stereocenters. The third-order valence-electron chi connectivity index (χ3n) is 3.87. The molecule has 2 rings (SSSR count). The Morgan fingerprint density at radius 3 is 2.26 bits per heavy atom. The third kappa shape index (κ3) is 4.15. The number of ether oxygens (including phenoxy) is 1. The predicted octanol–water partition coefficient (Wildman–Crippen LogP) is -1.21. The molecule has 7 nitrogen and oxygen atoms in total. The first-order chi connectivity index (χ1) is 10.9. The molecule has 126 valence electrons. The fourth-order valence-electron chi connectivity index (χ4n) is 2.65. The van der Waals surface area contributed by atoms with Gasteiger partial charge in [0.2, 0.25) is 5.91 Å². The Bertz CT molecular complexity index is 559. The Kier molecular flexibility index (Phi) is 5.86. The average Bonchev–Trinajstić information content (AvgIpc) is 2.55. The Labute approximate surface area is 133 Å². The molecule has 0 bridgehead atoms. The van der Waals surface area contributed by atoms with Crippen LogP contribution in [-0.2, 0) is 9.53 Å². The maximum absolute atomic E-state index is 11.3. The van der Waals surface area contributed by atoms with E-state index in [-0.39, 0.29) is 6.42 Å². The zero-order valence-electron chi connectivity index (χ0n) is 12.4. The molecule has 1 fully saturated rings. The van der Waals surface area contributed by atoms with Gasteiger partial charge >= 0.3 is 0 Å². The summed E-state index contributed by atoms with van der Waals surface area (Å²) in [6.07, 6.45) is -4.76. The highest BCUT2D eigenvalue weighted by Crippen LogP contribution is 2.29. The SMILES string of the molecule is NC(=O)/C=C(\C[C@@H]1O[C@H](CO)[C@H](O)[C@H](O)[C@H]1O)c1ccccc1. The van der Waals surface area contributed by atoms with Crippen molar-refractivity contribution in [3.8, 4) is 0 Å². The number of hydrogen-bond acceptors (Lipinski definition) is 6. The molecule has 0 spiro atoms. The molecule has 1 amide bonds. The van der Waals surface area contributed by atoms with E-state index < -0.39 is 43.0 Å². The van der Waals surface area contributed by atoms with Crippen LogP contribution in [0.3, 0.4) is 0 Å². The zero-order valence-corrected chi connectivity index (χ0v) is 12.4. The molecule has 0 unspecified atom stereocenters. The summed E-state index contributed by atoms with van der Waals surface area (Å²) in [6, 6.07) is 8.95. The van der Waals surface area contributed by atoms with Gasteiger partial charge in [-0.2, -0.15) is 0 Å². The van der Waals surface area contributed by atoms with Gasteiger partial charge in [-0.15, -0.1) is 0 Å². The van der Waals surface area contributed by atoms with E-state index in [0.29, 0.717) is 5.57 Å². The second-order valence-electron chi connectivity index (χ2n) is 5.51. The molecule has 1 aromatic carbocycles. The summed E-state index contributed by atoms with van der Waals surface area (Å²) in [5.74, 6) is -0.645. The van der Waals surface area contributed by atoms with Gasteiger partial charge in [-0.25, -0.2) is 0 Å². The lowest BCUT2D eigenvalue weighted by Crippen LogP contribution is -2.58. The van der Waals surface area contributed by atoms with Crippen molar-refractivity contribution in [3.63, 3.8) is 0 Å². The van der Waals surface area contributed by atoms with E-state index in [4.69, 9.17) is 10.5 Å². The number of carbonyl (C=O) groups is 1. The molecular weight excluding hydrogens is 302 g/mol. The Hall–Kier alpha value is -1.77. The fraction of sp³-hybridized carbons (Fsp3) is 0.438. The van der Waals surface area contributed by atoms with E-state index in [2.05, 4.69) is 0 Å². The molecule has 0 aliphatic carbocycles. The number of primary amides is 1. The Balaban J connectivity index is 2.24. The molecule has 1 aliphatic heterocycles. The van der Waals surface area contributed by atoms with Gasteiger partial charge in [0.15, 0.2) is 0 Å². The van der Waals surface area contributed by atoms with Crippen LogP contribution in [0.15, 0.2) is 36.4 Å². The highest BCUT2D eigenvalue weighted by atomic mass is 16.5. The number of carbonyl (C=O) groups excluding carboxylic acids is 1. The van der Waals surface area contributed by atoms with Crippen molar-refractivity contribution in [1.29, 1.82) is 0 Å². The van der Waals surface area contributed by atoms with Gasteiger partial charge in [-0.1, -0.05) is 30.3 Å². The summed E-state index contributed by atoms with van der Waals surface area (Å²) in [7, 11) is 0. The monoisotopic (exact) mass is 323 g/mol. The summed E-state index contributed by atoms with van der Waals surface area (Å²) < 4.78 is 5.46. The second-order valence-corrected chi connectivity index (χ2v) is 5.51. The molecule has 0 saturated carbocycles. The lowest BCUT2D eigenvalue weighted by atomic mass is 9.89. The van der Waals surface area contributed by atoms with Crippen LogP contribution < -0.4 is 5.73 Å². The zero-order chi connectivity index (χ0) is 17.0. The van der Waals surface area contributed by atoms with Crippen molar-refractivity contribution in [3.05, 3.63) is 42.0 Å². The molecule has 23 heavy (non-hydrogen) atoms. The number of nitrogens with two attached hydrogens (primary N) is 1. The fourth-order valence-corrected chi connectivity index (χ4v) is 2.65. The van der Waals surface area contributed by atoms with Gasteiger partial charge < -0.3 is 30.9 Å². The highest BCUT2D eigenvalue weighted by Gasteiger charge is 2.43. The molecule has 0 aromatic heterocycles. The molecule has 1 aromatic rings. The number of aliphatic hydroxyl groups excluding tert-OH is 4. The number of benzene rings is 1. The Morgan fingerprint density at radius 1 is 1.09 bits per heavy atom. The first-order valence-corrected chi connectivity index (χ1v) is 7.30. The van der Waals surface area contributed by atoms with Gasteiger partial charge in [-0.05, 0) is 11.1 Å². The van der Waals surface area contributed by atoms with E-state index in [1.54, 1.807) is 24.3 Å². The summed E-state index contributed by atoms with van der Waals surface area (Å²) in [4.78, 5) is 11.3. The van der Waals surface area contributed by atoms with Crippen LogP contribution >= 0.6 is 0 Å². The number of aliphatic hydroxyl groups is 4. The van der Waals surface area contributed by atoms with Crippen LogP contribution in [0.2, 0.25) is 0 Å². The van der Waals surface area contributed by atoms with Crippen LogP contribution in [0.1, 0.15) is 12.0 Å². The second kappa shape index (κ2) is 7.67. The summed E-state index contributed by atoms with van der Waals surface area (Å²) >= 11 is 0. The van der Waals surface area contributed by atoms with Crippen molar-refractivity contribution in [2.24, 2.45) is 5.73 Å². The van der Waals surface area contributed by atoms with E-state index in [9.17, 15) is 25.2 Å². The van der Waals surface area contributed by atoms with Crippen LogP contribution in [0.5, 0.6) is 0 Å². The van der Waals surface area contributed by atoms with E-state index in [0.717, 1.165) is 5.56 Å². The van der Waals surface area contributed by atoms with Crippen molar-refractivity contribution in [1.82, 2.24) is 0 Å². The lowest BCUT2D eigenvalue weighted by Gasteiger charge is -2.40. The molecule has 7 heteroatoms. The van der Waals surface area contributed by atoms with Crippen molar-refractivity contribution >= 4 is 11.5 Å². The highest BCUT2D eigenvalue weighted by molar-refractivity contribution is 5.94. The molecule has 0 radical (unpaired) electrons. The minimum absolute atomic E-state index is 0.0917. The molecule has 1 heterocycles. The summed E-state index contributed by atoms with van der Waals surface area (Å²) in [6.45, 7) is -0.498. The standard InChI is InChI=1S/C16H21NO6/c17-13(19)7-10(9-4-2-1-3-5-9)6-11-14(20)16(22)15(21)12(8-18)23-11/h1-5,7,11-12,14-16,18,20-22H,6,8H2,(H2,17,19)/b10-7+/t11-,12+,14-,15-,16+/m0/s1. The number of hydrogen-bond donors (Lipinski definition) is 5. The quantitative estimate of drug-likeness (QED) is 0.432. The smallest absolute Gasteiger partial charge is 0.241 e. The normalized spacial score (nSPS) is 31.8. The van der Waals surface area contributed by atoms with Crippen LogP contribution in [-0.4, -0.2) is 63.5 Å². The Morgan fingerprint density at radius 2 is 1.70 bits per heavy atom. The molecular formula is C16H21NO6. The minimum Gasteiger partial charge on any atom is -0.394 e. The van der Waals surface area contributed by atoms with Gasteiger partial charge in [0.25, 0.3) is 0 Å². The average molecular weight is 323 g/mol. The van der Waals surface area contributed by atoms with E-state index >= 15 is 0 Å². The summed E-state index contributed by atoms with van der Waals surface area (Å²) in [5, 5.41) is 38.9. The molecule has 6 N–H and O–H groups in total. The maximum atomic E-state index is 11.3. The summed E-state index contributed by atoms with van der Waals surface area (Å²) in [5.41, 5.74) is 6.48. The minimum atomic E-state index is -1.45. The van der Waals surface area contributed by atoms with E-state index in [1.165, 1.54) is 6.08 Å². The van der Waals surface area contributed by atoms with Crippen LogP contribution in [0.4, 0.5) is 0 Å². The maximum Gasteiger partial charge on any atom is 0.241 e. The molecule has 1 saturated heterocycles. The lowest BCUT2D eigenvalue weighted by molar-refractivity contribution is -0.227. The predicted molar refractivity (Wildman–Crippen MR) is 82.0 cm³/mol. The third-order valence-corrected chi connectivity index (χ3v) is 3.87. The largest absolute Gasteiger partial charge is 0.394 e. The van der Waals surface area contributed by atoms with Crippen molar-refractivity contribution in [2.45, 2.75) is 36.9 Å². The molecule has 1 aliphatic rings. The van der Waals surface area contributed by atoms with Gasteiger partial charge in [0, 0.05) is 12.5 Å². The van der Waals surface area contributed by atoms with E-state index in [1.807, 2.05) is 6.07 Å². The van der Waals surface area contributed by atoms with Gasteiger partial charge in [-0.3, -0.25) is 4.79 Å². The van der Waals surface area contributed by atoms with Crippen molar-refractivity contribution < 1.29 is 30.0 Å². The van der Waals surface area contributed by atoms with Gasteiger partial charge in [0.1, 0.15) is 24.4 Å². The van der Waals surface area contributed by atoms with Crippen LogP contribution in [0.25, 0.3) is 5.57 Å². The number of amides is 1. The number of rotatable bonds is 5. The first kappa shape index (κ1) is 17.6. The van der Waals surface area contributed by atoms with Gasteiger partial charge in [0.05, 0.1) is 12.7 Å². The van der Waals surface area contributed by atoms with Crippen molar-refractivity contribution in [2.75, 3.05) is 6.61 Å². The first-order valence-electron chi connectivity index (χ1n) is 7.30.